The standard InChI is InChI=1S/C16H14N2O4/c19-16(14-6-8-15(9-7-14)18(21)22)10-11-17(20)12-13-4-2-1-3-5-13/h1-10H,11-12H2/p+1/b16-10-. The molecule has 6 heteroatoms. The number of non-ortho nitro benzene ring substituents is 1. The summed E-state index contributed by atoms with van der Waals surface area (Å²) >= 11 is 0. The lowest BCUT2D eigenvalue weighted by atomic mass is 10.1. The van der Waals surface area contributed by atoms with Crippen molar-refractivity contribution in [1.29, 1.82) is 0 Å². The van der Waals surface area contributed by atoms with E-state index in [0.29, 0.717) is 5.56 Å². The third-order valence-electron chi connectivity index (χ3n) is 3.06. The molecule has 0 amide bonds. The molecular weight excluding hydrogens is 284 g/mol. The molecule has 22 heavy (non-hydrogen) atoms. The summed E-state index contributed by atoms with van der Waals surface area (Å²) < 4.78 is 0.816. The van der Waals surface area contributed by atoms with Gasteiger partial charge in [0.2, 0.25) is 13.1 Å². The molecule has 1 N–H and O–H groups in total. The number of benzene rings is 2. The van der Waals surface area contributed by atoms with Crippen molar-refractivity contribution >= 4 is 11.4 Å². The van der Waals surface area contributed by atoms with E-state index in [1.54, 1.807) is 0 Å². The normalized spacial score (nSPS) is 11.2. The minimum atomic E-state index is -0.510. The molecule has 0 radical (unpaired) electrons. The molecule has 0 aliphatic rings. The Kier molecular flexibility index (Phi) is 4.98. The van der Waals surface area contributed by atoms with E-state index in [0.717, 1.165) is 10.3 Å². The summed E-state index contributed by atoms with van der Waals surface area (Å²) in [6.07, 6.45) is 1.39. The van der Waals surface area contributed by atoms with Crippen molar-refractivity contribution in [3.63, 3.8) is 0 Å². The summed E-state index contributed by atoms with van der Waals surface area (Å²) in [5.74, 6) is -0.0798. The van der Waals surface area contributed by atoms with Gasteiger partial charge in [-0.25, -0.2) is 0 Å². The Morgan fingerprint density at radius 3 is 2.27 bits per heavy atom. The molecule has 0 aliphatic carbocycles. The summed E-state index contributed by atoms with van der Waals surface area (Å²) in [6.45, 7) is 0.253. The number of rotatable bonds is 6. The number of hydrogen-bond acceptors (Lipinski definition) is 4. The van der Waals surface area contributed by atoms with Crippen LogP contribution in [0.1, 0.15) is 11.1 Å². The molecule has 112 valence electrons. The highest BCUT2D eigenvalue weighted by atomic mass is 16.6. The molecule has 0 saturated heterocycles. The first kappa shape index (κ1) is 15.4. The zero-order chi connectivity index (χ0) is 15.9. The van der Waals surface area contributed by atoms with Gasteiger partial charge in [0.25, 0.3) is 5.69 Å². The van der Waals surface area contributed by atoms with Gasteiger partial charge in [-0.1, -0.05) is 30.3 Å². The Hall–Kier alpha value is -3.02. The Balaban J connectivity index is 1.97. The van der Waals surface area contributed by atoms with Gasteiger partial charge in [-0.2, -0.15) is 0 Å². The third kappa shape index (κ3) is 4.24. The molecule has 6 nitrogen and oxygen atoms in total. The minimum Gasteiger partial charge on any atom is -0.507 e. The van der Waals surface area contributed by atoms with Gasteiger partial charge >= 0.3 is 0 Å². The number of nitro benzene ring substituents is 1. The molecule has 0 atom stereocenters. The molecule has 2 aromatic carbocycles. The number of hydrogen-bond donors (Lipinski definition) is 1. The van der Waals surface area contributed by atoms with E-state index in [1.807, 2.05) is 30.3 Å². The van der Waals surface area contributed by atoms with Crippen LogP contribution in [0.4, 0.5) is 5.69 Å². The van der Waals surface area contributed by atoms with E-state index in [2.05, 4.69) is 0 Å². The average molecular weight is 299 g/mol. The van der Waals surface area contributed by atoms with Crippen LogP contribution in [0.15, 0.2) is 60.7 Å². The minimum absolute atomic E-state index is 0.0255. The molecule has 0 heterocycles. The molecule has 0 saturated carbocycles. The molecule has 2 aromatic rings. The van der Waals surface area contributed by atoms with E-state index >= 15 is 0 Å². The highest BCUT2D eigenvalue weighted by molar-refractivity contribution is 5.59. The van der Waals surface area contributed by atoms with Gasteiger partial charge in [0.1, 0.15) is 5.76 Å². The zero-order valence-electron chi connectivity index (χ0n) is 11.8. The van der Waals surface area contributed by atoms with Gasteiger partial charge in [0.05, 0.1) is 4.92 Å². The van der Waals surface area contributed by atoms with Gasteiger partial charge in [-0.3, -0.25) is 10.1 Å². The summed E-state index contributed by atoms with van der Waals surface area (Å²) in [6, 6.07) is 14.8. The molecule has 0 bridgehead atoms. The number of nitroso groups, excluding NO2 is 1. The molecule has 0 fully saturated rings. The fraction of sp³-hybridized carbons (Fsp3) is 0.125. The summed E-state index contributed by atoms with van der Waals surface area (Å²) in [7, 11) is 0. The largest absolute Gasteiger partial charge is 0.507 e. The van der Waals surface area contributed by atoms with Crippen LogP contribution in [-0.2, 0) is 6.54 Å². The summed E-state index contributed by atoms with van der Waals surface area (Å²) in [4.78, 5) is 21.8. The van der Waals surface area contributed by atoms with Crippen molar-refractivity contribution in [3.8, 4) is 0 Å². The predicted octanol–water partition coefficient (Wildman–Crippen LogP) is 3.47. The van der Waals surface area contributed by atoms with Crippen molar-refractivity contribution in [2.45, 2.75) is 6.54 Å². The van der Waals surface area contributed by atoms with Crippen LogP contribution in [0.25, 0.3) is 5.76 Å². The van der Waals surface area contributed by atoms with Crippen LogP contribution < -0.4 is 0 Å². The van der Waals surface area contributed by atoms with Crippen LogP contribution in [-0.4, -0.2) is 21.3 Å². The SMILES string of the molecule is O=[N+](C/C=C(\O)c1ccc([N+](=O)[O-])cc1)Cc1ccccc1. The van der Waals surface area contributed by atoms with Gasteiger partial charge < -0.3 is 5.11 Å². The number of aliphatic hydroxyl groups excluding tert-OH is 1. The zero-order valence-corrected chi connectivity index (χ0v) is 11.8. The maximum Gasteiger partial charge on any atom is 0.269 e. The van der Waals surface area contributed by atoms with Crippen molar-refractivity contribution in [2.75, 3.05) is 6.54 Å². The first-order valence-electron chi connectivity index (χ1n) is 6.66. The quantitative estimate of drug-likeness (QED) is 0.383. The topological polar surface area (TPSA) is 83.5 Å². The fourth-order valence-electron chi connectivity index (χ4n) is 1.91. The predicted molar refractivity (Wildman–Crippen MR) is 82.3 cm³/mol. The van der Waals surface area contributed by atoms with Gasteiger partial charge in [-0.15, -0.1) is 0 Å². The van der Waals surface area contributed by atoms with E-state index in [9.17, 15) is 20.1 Å². The summed E-state index contributed by atoms with van der Waals surface area (Å²) in [5.41, 5.74) is 1.27. The molecule has 0 spiro atoms. The van der Waals surface area contributed by atoms with E-state index < -0.39 is 4.92 Å². The molecule has 0 aliphatic heterocycles. The summed E-state index contributed by atoms with van der Waals surface area (Å²) in [5, 5.41) is 20.4. The lowest BCUT2D eigenvalue weighted by molar-refractivity contribution is -0.555. The monoisotopic (exact) mass is 299 g/mol. The Labute approximate surface area is 127 Å². The maximum absolute atomic E-state index is 11.8. The molecule has 0 aromatic heterocycles. The lowest BCUT2D eigenvalue weighted by Gasteiger charge is -1.99. The van der Waals surface area contributed by atoms with Crippen LogP contribution in [0.2, 0.25) is 0 Å². The van der Waals surface area contributed by atoms with Crippen LogP contribution in [0, 0.1) is 15.0 Å². The highest BCUT2D eigenvalue weighted by Crippen LogP contribution is 2.16. The second-order valence-electron chi connectivity index (χ2n) is 4.70. The third-order valence-corrected chi connectivity index (χ3v) is 3.06. The Morgan fingerprint density at radius 2 is 1.68 bits per heavy atom. The Bertz CT molecular complexity index is 694. The molecular formula is C16H15N2O4+. The van der Waals surface area contributed by atoms with Crippen LogP contribution >= 0.6 is 0 Å². The molecule has 0 unspecified atom stereocenters. The van der Waals surface area contributed by atoms with Crippen molar-refractivity contribution in [1.82, 2.24) is 0 Å². The highest BCUT2D eigenvalue weighted by Gasteiger charge is 2.10. The van der Waals surface area contributed by atoms with Crippen molar-refractivity contribution in [2.24, 2.45) is 0 Å². The number of aliphatic hydroxyl groups is 1. The van der Waals surface area contributed by atoms with E-state index in [1.165, 1.54) is 30.3 Å². The van der Waals surface area contributed by atoms with Crippen molar-refractivity contribution < 1.29 is 14.8 Å². The molecule has 2 rings (SSSR count). The number of nitro groups is 1. The van der Waals surface area contributed by atoms with Crippen LogP contribution in [0.3, 0.4) is 0 Å². The smallest absolute Gasteiger partial charge is 0.269 e. The van der Waals surface area contributed by atoms with Gasteiger partial charge in [0, 0.05) is 39.0 Å². The fourth-order valence-corrected chi connectivity index (χ4v) is 1.91. The number of nitrogens with zero attached hydrogens (tertiary/aromatic N) is 2. The first-order chi connectivity index (χ1) is 10.6. The maximum atomic E-state index is 11.8. The van der Waals surface area contributed by atoms with E-state index in [-0.39, 0.29) is 24.5 Å². The van der Waals surface area contributed by atoms with Crippen LogP contribution in [0.5, 0.6) is 0 Å². The Morgan fingerprint density at radius 1 is 1.05 bits per heavy atom. The second-order valence-corrected chi connectivity index (χ2v) is 4.70. The lowest BCUT2D eigenvalue weighted by Crippen LogP contribution is -2.08. The average Bonchev–Trinajstić information content (AvgIpc) is 2.53. The first-order valence-corrected chi connectivity index (χ1v) is 6.66. The van der Waals surface area contributed by atoms with E-state index in [4.69, 9.17) is 0 Å². The van der Waals surface area contributed by atoms with Crippen molar-refractivity contribution in [3.05, 3.63) is 86.8 Å². The van der Waals surface area contributed by atoms with Gasteiger partial charge in [0.15, 0.2) is 0 Å². The second kappa shape index (κ2) is 7.12. The van der Waals surface area contributed by atoms with Gasteiger partial charge in [-0.05, 0) is 12.1 Å².